The van der Waals surface area contributed by atoms with Gasteiger partial charge in [-0.05, 0) is 0 Å². The van der Waals surface area contributed by atoms with Gasteiger partial charge in [-0.1, -0.05) is 0 Å². The number of aromatic nitrogens is 2. The molecule has 0 atom stereocenters. The van der Waals surface area contributed by atoms with Crippen LogP contribution in [0.4, 0.5) is 0 Å². The van der Waals surface area contributed by atoms with Crippen LogP contribution in [0.2, 0.25) is 0 Å². The number of hydrogen-bond acceptors (Lipinski definition) is 4. The van der Waals surface area contributed by atoms with Gasteiger partial charge in [-0.2, -0.15) is 0 Å². The quantitative estimate of drug-likeness (QED) is 0.462. The number of nitrogens with zero attached hydrogens (tertiary/aromatic N) is 2. The molecule has 0 aliphatic carbocycles. The molecule has 0 radical (unpaired) electrons. The Balaban J connectivity index is 2.70. The standard InChI is InChI=1S/C13H27N2O3P/c1-4-7-11-17-19(16-6-3,12-8-5-2)18-15-10-9-14-13-15/h9-10,13,19H,4-8,11-12H2,1-3H3. The number of rotatable bonds is 11. The van der Waals surface area contributed by atoms with E-state index in [4.69, 9.17) is 13.7 Å². The average molecular weight is 290 g/mol. The third kappa shape index (κ3) is 5.89. The molecule has 0 aromatic carbocycles. The molecule has 1 heterocycles. The van der Waals surface area contributed by atoms with Crippen molar-refractivity contribution in [3.8, 4) is 0 Å². The zero-order valence-electron chi connectivity index (χ0n) is 12.3. The fourth-order valence-electron chi connectivity index (χ4n) is 1.73. The number of unbranched alkanes of at least 4 members (excludes halogenated alkanes) is 2. The van der Waals surface area contributed by atoms with E-state index in [0.717, 1.165) is 31.8 Å². The number of hydrogen-bond donors (Lipinski definition) is 0. The van der Waals surface area contributed by atoms with Gasteiger partial charge >= 0.3 is 116 Å². The maximum absolute atomic E-state index is 6.03. The first-order valence-corrected chi connectivity index (χ1v) is 9.15. The monoisotopic (exact) mass is 290 g/mol. The van der Waals surface area contributed by atoms with Crippen LogP contribution in [0, 0.1) is 0 Å². The van der Waals surface area contributed by atoms with E-state index < -0.39 is 7.94 Å². The Morgan fingerprint density at radius 2 is 1.89 bits per heavy atom. The zero-order valence-corrected chi connectivity index (χ0v) is 13.3. The third-order valence-electron chi connectivity index (χ3n) is 2.75. The van der Waals surface area contributed by atoms with Crippen LogP contribution in [0.25, 0.3) is 0 Å². The van der Waals surface area contributed by atoms with E-state index in [0.29, 0.717) is 13.2 Å². The molecule has 0 saturated heterocycles. The summed E-state index contributed by atoms with van der Waals surface area (Å²) in [6.07, 6.45) is 10.2. The minimum atomic E-state index is -2.64. The van der Waals surface area contributed by atoms with Gasteiger partial charge in [0.05, 0.1) is 0 Å². The Labute approximate surface area is 116 Å². The molecule has 0 spiro atoms. The van der Waals surface area contributed by atoms with Crippen LogP contribution in [-0.2, 0) is 9.05 Å². The zero-order chi connectivity index (χ0) is 14.0. The van der Waals surface area contributed by atoms with Crippen LogP contribution in [0.15, 0.2) is 18.7 Å². The molecule has 0 aliphatic rings. The summed E-state index contributed by atoms with van der Waals surface area (Å²) >= 11 is 0. The fourth-order valence-corrected chi connectivity index (χ4v) is 4.41. The molecule has 0 aliphatic heterocycles. The molecule has 5 nitrogen and oxygen atoms in total. The molecule has 1 rings (SSSR count). The Morgan fingerprint density at radius 3 is 2.47 bits per heavy atom. The molecular weight excluding hydrogens is 263 g/mol. The van der Waals surface area contributed by atoms with E-state index in [9.17, 15) is 0 Å². The fraction of sp³-hybridized carbons (Fsp3) is 0.769. The summed E-state index contributed by atoms with van der Waals surface area (Å²) in [5.41, 5.74) is 0. The van der Waals surface area contributed by atoms with E-state index in [1.165, 1.54) is 0 Å². The Morgan fingerprint density at radius 1 is 1.11 bits per heavy atom. The van der Waals surface area contributed by atoms with Crippen molar-refractivity contribution < 1.29 is 13.7 Å². The van der Waals surface area contributed by atoms with Crippen LogP contribution in [0.3, 0.4) is 0 Å². The van der Waals surface area contributed by atoms with Crippen molar-refractivity contribution in [3.05, 3.63) is 18.7 Å². The average Bonchev–Trinajstić information content (AvgIpc) is 2.90. The minimum absolute atomic E-state index is 0.608. The Kier molecular flexibility index (Phi) is 8.03. The molecule has 0 N–H and O–H groups in total. The predicted molar refractivity (Wildman–Crippen MR) is 79.4 cm³/mol. The first kappa shape index (κ1) is 16.4. The molecule has 6 heteroatoms. The van der Waals surface area contributed by atoms with Gasteiger partial charge in [0.2, 0.25) is 0 Å². The second-order valence-corrected chi connectivity index (χ2v) is 7.06. The summed E-state index contributed by atoms with van der Waals surface area (Å²) in [6.45, 7) is 7.59. The predicted octanol–water partition coefficient (Wildman–Crippen LogP) is 3.46. The summed E-state index contributed by atoms with van der Waals surface area (Å²) in [7, 11) is -2.64. The second kappa shape index (κ2) is 9.29. The SMILES string of the molecule is CCCCO[PH](CCCC)(OCC)On1ccnc1. The van der Waals surface area contributed by atoms with Crippen LogP contribution < -0.4 is 4.62 Å². The van der Waals surface area contributed by atoms with E-state index in [2.05, 4.69) is 18.8 Å². The maximum atomic E-state index is 6.03. The van der Waals surface area contributed by atoms with Crippen molar-refractivity contribution in [1.29, 1.82) is 0 Å². The van der Waals surface area contributed by atoms with E-state index in [-0.39, 0.29) is 0 Å². The van der Waals surface area contributed by atoms with Crippen molar-refractivity contribution in [2.24, 2.45) is 0 Å². The van der Waals surface area contributed by atoms with E-state index >= 15 is 0 Å². The molecule has 0 bridgehead atoms. The van der Waals surface area contributed by atoms with Gasteiger partial charge in [0, 0.05) is 0 Å². The Hall–Kier alpha value is -0.640. The van der Waals surface area contributed by atoms with Crippen molar-refractivity contribution in [1.82, 2.24) is 9.71 Å². The van der Waals surface area contributed by atoms with E-state index in [1.807, 2.05) is 6.92 Å². The Bertz CT molecular complexity index is 322. The van der Waals surface area contributed by atoms with Gasteiger partial charge in [0.25, 0.3) is 0 Å². The van der Waals surface area contributed by atoms with Crippen molar-refractivity contribution in [3.63, 3.8) is 0 Å². The molecular formula is C13H27N2O3P. The first-order valence-electron chi connectivity index (χ1n) is 7.21. The number of imidazole rings is 1. The molecule has 0 saturated carbocycles. The van der Waals surface area contributed by atoms with Crippen molar-refractivity contribution >= 4 is 7.94 Å². The topological polar surface area (TPSA) is 45.5 Å². The molecule has 0 amide bonds. The molecule has 0 unspecified atom stereocenters. The van der Waals surface area contributed by atoms with Gasteiger partial charge < -0.3 is 0 Å². The van der Waals surface area contributed by atoms with Gasteiger partial charge in [0.1, 0.15) is 0 Å². The molecule has 112 valence electrons. The second-order valence-electron chi connectivity index (χ2n) is 4.44. The van der Waals surface area contributed by atoms with Crippen LogP contribution in [-0.4, -0.2) is 29.1 Å². The van der Waals surface area contributed by atoms with Crippen molar-refractivity contribution in [2.75, 3.05) is 19.4 Å². The summed E-state index contributed by atoms with van der Waals surface area (Å²) < 4.78 is 19.5. The first-order chi connectivity index (χ1) is 9.26. The van der Waals surface area contributed by atoms with Gasteiger partial charge in [-0.15, -0.1) is 0 Å². The summed E-state index contributed by atoms with van der Waals surface area (Å²) in [5, 5.41) is 0. The van der Waals surface area contributed by atoms with Crippen molar-refractivity contribution in [2.45, 2.75) is 46.5 Å². The van der Waals surface area contributed by atoms with Crippen LogP contribution >= 0.6 is 7.94 Å². The molecule has 0 fully saturated rings. The summed E-state index contributed by atoms with van der Waals surface area (Å²) in [4.78, 5) is 3.99. The summed E-state index contributed by atoms with van der Waals surface area (Å²) in [6, 6.07) is 0. The van der Waals surface area contributed by atoms with Gasteiger partial charge in [-0.3, -0.25) is 0 Å². The molecule has 1 aromatic heterocycles. The van der Waals surface area contributed by atoms with Crippen LogP contribution in [0.1, 0.15) is 46.5 Å². The molecule has 1 aromatic rings. The van der Waals surface area contributed by atoms with Crippen LogP contribution in [0.5, 0.6) is 0 Å². The van der Waals surface area contributed by atoms with Gasteiger partial charge in [-0.25, -0.2) is 0 Å². The van der Waals surface area contributed by atoms with E-state index in [1.54, 1.807) is 23.5 Å². The van der Waals surface area contributed by atoms with Gasteiger partial charge in [0.15, 0.2) is 0 Å². The normalized spacial score (nSPS) is 12.6. The third-order valence-corrected chi connectivity index (χ3v) is 5.57. The molecule has 19 heavy (non-hydrogen) atoms. The summed E-state index contributed by atoms with van der Waals surface area (Å²) in [5.74, 6) is 0.